The number of quaternary nitrogens is 1. The van der Waals surface area contributed by atoms with Gasteiger partial charge in [0, 0.05) is 0 Å². The van der Waals surface area contributed by atoms with Crippen LogP contribution in [0, 0.1) is 0 Å². The zero-order valence-corrected chi connectivity index (χ0v) is 5.94. The van der Waals surface area contributed by atoms with Crippen LogP contribution in [0.4, 0.5) is 0 Å². The van der Waals surface area contributed by atoms with Crippen molar-refractivity contribution in [3.05, 3.63) is 0 Å². The van der Waals surface area contributed by atoms with Crippen LogP contribution in [0.15, 0.2) is 0 Å². The average molecular weight is 118 g/mol. The van der Waals surface area contributed by atoms with Crippen LogP contribution in [0.25, 0.3) is 0 Å². The first-order valence-electron chi connectivity index (χ1n) is 3.14. The van der Waals surface area contributed by atoms with Crippen molar-refractivity contribution >= 4 is 0 Å². The predicted octanol–water partition coefficient (Wildman–Crippen LogP) is -1.10. The van der Waals surface area contributed by atoms with Gasteiger partial charge in [-0.25, -0.2) is 0 Å². The van der Waals surface area contributed by atoms with Gasteiger partial charge in [0.1, 0.15) is 12.6 Å². The maximum absolute atomic E-state index is 9.01. The number of likely N-dealkylation sites (N-methyl/N-ethyl adjacent to an activating group) is 1. The minimum absolute atomic E-state index is 0.111. The first-order valence-corrected chi connectivity index (χ1v) is 3.14. The number of nitrogens with one attached hydrogen (secondary N) is 1. The van der Waals surface area contributed by atoms with Crippen LogP contribution in [0.2, 0.25) is 0 Å². The summed E-state index contributed by atoms with van der Waals surface area (Å²) in [4.78, 5) is 1.30. The van der Waals surface area contributed by atoms with Gasteiger partial charge in [0.2, 0.25) is 0 Å². The summed E-state index contributed by atoms with van der Waals surface area (Å²) in [5.41, 5.74) is 0. The van der Waals surface area contributed by atoms with E-state index in [1.165, 1.54) is 4.90 Å². The Hall–Kier alpha value is -0.0800. The fourth-order valence-corrected chi connectivity index (χ4v) is 0.616. The molecule has 0 spiro atoms. The molecule has 1 atom stereocenters. The zero-order valence-electron chi connectivity index (χ0n) is 5.94. The number of aliphatic hydroxyl groups excluding tert-OH is 1. The molecule has 0 aliphatic carbocycles. The number of hydrogen-bond donors (Lipinski definition) is 2. The Morgan fingerprint density at radius 1 is 1.50 bits per heavy atom. The maximum atomic E-state index is 9.01. The first kappa shape index (κ1) is 7.92. The molecule has 1 unspecified atom stereocenters. The Kier molecular flexibility index (Phi) is 3.83. The molecule has 50 valence electrons. The van der Waals surface area contributed by atoms with Crippen molar-refractivity contribution in [2.75, 3.05) is 20.6 Å². The quantitative estimate of drug-likeness (QED) is 0.483. The highest BCUT2D eigenvalue weighted by atomic mass is 16.3. The fraction of sp³-hybridized carbons (Fsp3) is 1.00. The molecule has 0 radical (unpaired) electrons. The molecule has 0 rings (SSSR count). The first-order chi connectivity index (χ1) is 3.66. The van der Waals surface area contributed by atoms with Crippen molar-refractivity contribution in [2.45, 2.75) is 19.4 Å². The molecule has 0 aromatic heterocycles. The van der Waals surface area contributed by atoms with E-state index in [1.54, 1.807) is 0 Å². The molecule has 0 fully saturated rings. The third-order valence-corrected chi connectivity index (χ3v) is 1.12. The number of aliphatic hydroxyl groups is 1. The van der Waals surface area contributed by atoms with Gasteiger partial charge in [0.15, 0.2) is 0 Å². The van der Waals surface area contributed by atoms with Crippen molar-refractivity contribution in [1.29, 1.82) is 0 Å². The van der Waals surface area contributed by atoms with Gasteiger partial charge in [-0.3, -0.25) is 0 Å². The molecule has 0 aromatic carbocycles. The largest absolute Gasteiger partial charge is 0.387 e. The average Bonchev–Trinajstić information content (AvgIpc) is 1.65. The Bertz CT molecular complexity index is 54.5. The van der Waals surface area contributed by atoms with Gasteiger partial charge in [-0.1, -0.05) is 6.92 Å². The van der Waals surface area contributed by atoms with Crippen LogP contribution in [0.1, 0.15) is 13.3 Å². The third kappa shape index (κ3) is 4.09. The van der Waals surface area contributed by atoms with Crippen LogP contribution in [-0.2, 0) is 0 Å². The highest BCUT2D eigenvalue weighted by Gasteiger charge is 2.02. The summed E-state index contributed by atoms with van der Waals surface area (Å²) in [5, 5.41) is 9.01. The maximum Gasteiger partial charge on any atom is 0.103 e. The van der Waals surface area contributed by atoms with Gasteiger partial charge in [0.05, 0.1) is 14.1 Å². The van der Waals surface area contributed by atoms with Crippen molar-refractivity contribution in [3.63, 3.8) is 0 Å². The molecule has 0 amide bonds. The second-order valence-corrected chi connectivity index (χ2v) is 2.47. The lowest BCUT2D eigenvalue weighted by Gasteiger charge is -2.10. The molecule has 8 heavy (non-hydrogen) atoms. The van der Waals surface area contributed by atoms with E-state index in [0.29, 0.717) is 0 Å². The lowest BCUT2D eigenvalue weighted by molar-refractivity contribution is -0.861. The van der Waals surface area contributed by atoms with Gasteiger partial charge in [-0.15, -0.1) is 0 Å². The third-order valence-electron chi connectivity index (χ3n) is 1.12. The van der Waals surface area contributed by atoms with Crippen LogP contribution >= 0.6 is 0 Å². The summed E-state index contributed by atoms with van der Waals surface area (Å²) in [5.74, 6) is 0. The van der Waals surface area contributed by atoms with Crippen LogP contribution in [0.3, 0.4) is 0 Å². The van der Waals surface area contributed by atoms with E-state index >= 15 is 0 Å². The van der Waals surface area contributed by atoms with E-state index in [9.17, 15) is 0 Å². The minimum atomic E-state index is -0.111. The standard InChI is InChI=1S/C6H15NO/c1-4-6(8)5-7(2)3/h6,8H,4-5H2,1-3H3/p+1. The smallest absolute Gasteiger partial charge is 0.103 e. The molecular formula is C6H16NO+. The summed E-state index contributed by atoms with van der Waals surface area (Å²) < 4.78 is 0. The topological polar surface area (TPSA) is 24.7 Å². The molecule has 2 nitrogen and oxygen atoms in total. The highest BCUT2D eigenvalue weighted by molar-refractivity contribution is 4.44. The van der Waals surface area contributed by atoms with E-state index in [4.69, 9.17) is 5.11 Å². The van der Waals surface area contributed by atoms with Gasteiger partial charge in [-0.2, -0.15) is 0 Å². The lowest BCUT2D eigenvalue weighted by atomic mass is 10.3. The van der Waals surface area contributed by atoms with Crippen LogP contribution in [0.5, 0.6) is 0 Å². The Labute approximate surface area is 51.1 Å². The van der Waals surface area contributed by atoms with Crippen molar-refractivity contribution in [2.24, 2.45) is 0 Å². The normalized spacial score (nSPS) is 14.6. The molecule has 2 heteroatoms. The van der Waals surface area contributed by atoms with E-state index in [0.717, 1.165) is 13.0 Å². The second-order valence-electron chi connectivity index (χ2n) is 2.47. The second kappa shape index (κ2) is 3.87. The predicted molar refractivity (Wildman–Crippen MR) is 34.0 cm³/mol. The summed E-state index contributed by atoms with van der Waals surface area (Å²) in [6.07, 6.45) is 0.755. The summed E-state index contributed by atoms with van der Waals surface area (Å²) in [6, 6.07) is 0. The Morgan fingerprint density at radius 3 is 2.12 bits per heavy atom. The molecule has 0 saturated heterocycles. The Morgan fingerprint density at radius 2 is 2.00 bits per heavy atom. The molecule has 2 N–H and O–H groups in total. The van der Waals surface area contributed by atoms with Crippen molar-refractivity contribution in [1.82, 2.24) is 0 Å². The summed E-state index contributed by atoms with van der Waals surface area (Å²) in [6.45, 7) is 2.85. The van der Waals surface area contributed by atoms with Crippen LogP contribution < -0.4 is 4.90 Å². The van der Waals surface area contributed by atoms with Crippen LogP contribution in [-0.4, -0.2) is 31.9 Å². The lowest BCUT2D eigenvalue weighted by Crippen LogP contribution is -3.07. The van der Waals surface area contributed by atoms with Crippen molar-refractivity contribution in [3.8, 4) is 0 Å². The molecular weight excluding hydrogens is 102 g/mol. The van der Waals surface area contributed by atoms with Gasteiger partial charge >= 0.3 is 0 Å². The van der Waals surface area contributed by atoms with Gasteiger partial charge in [-0.05, 0) is 6.42 Å². The van der Waals surface area contributed by atoms with E-state index < -0.39 is 0 Å². The highest BCUT2D eigenvalue weighted by Crippen LogP contribution is 1.81. The van der Waals surface area contributed by atoms with E-state index in [-0.39, 0.29) is 6.10 Å². The molecule has 0 bridgehead atoms. The minimum Gasteiger partial charge on any atom is -0.387 e. The van der Waals surface area contributed by atoms with Crippen molar-refractivity contribution < 1.29 is 10.0 Å². The fourth-order valence-electron chi connectivity index (χ4n) is 0.616. The van der Waals surface area contributed by atoms with Gasteiger partial charge in [0.25, 0.3) is 0 Å². The molecule has 0 saturated carbocycles. The molecule has 0 heterocycles. The number of rotatable bonds is 3. The van der Waals surface area contributed by atoms with E-state index in [1.807, 2.05) is 21.0 Å². The summed E-state index contributed by atoms with van der Waals surface area (Å²) in [7, 11) is 4.08. The molecule has 0 aliphatic rings. The molecule has 0 aromatic rings. The summed E-state index contributed by atoms with van der Waals surface area (Å²) >= 11 is 0. The zero-order chi connectivity index (χ0) is 6.57. The Balaban J connectivity index is 3.10. The number of hydrogen-bond acceptors (Lipinski definition) is 1. The van der Waals surface area contributed by atoms with E-state index in [2.05, 4.69) is 0 Å². The monoisotopic (exact) mass is 118 g/mol. The SMILES string of the molecule is CCC(O)C[NH+](C)C. The van der Waals surface area contributed by atoms with Gasteiger partial charge < -0.3 is 10.0 Å². The molecule has 0 aliphatic heterocycles.